The highest BCUT2D eigenvalue weighted by molar-refractivity contribution is 5.92. The number of hydrogen-bond donors (Lipinski definition) is 1. The molecule has 1 aromatic carbocycles. The number of aromatic nitrogens is 3. The van der Waals surface area contributed by atoms with E-state index in [2.05, 4.69) is 22.2 Å². The van der Waals surface area contributed by atoms with Gasteiger partial charge in [0.2, 0.25) is 5.91 Å². The minimum absolute atomic E-state index is 0.0803. The van der Waals surface area contributed by atoms with Crippen LogP contribution < -0.4 is 10.9 Å². The number of hydrogen-bond acceptors (Lipinski definition) is 4. The number of nitrogens with zero attached hydrogens (tertiary/aromatic N) is 3. The van der Waals surface area contributed by atoms with E-state index in [1.165, 1.54) is 10.9 Å². The molecule has 0 saturated heterocycles. The van der Waals surface area contributed by atoms with Crippen molar-refractivity contribution in [2.45, 2.75) is 46.6 Å². The monoisotopic (exact) mass is 376 g/mol. The van der Waals surface area contributed by atoms with Gasteiger partial charge in [-0.05, 0) is 61.8 Å². The van der Waals surface area contributed by atoms with Crippen LogP contribution in [0.3, 0.4) is 0 Å². The molecule has 3 aromatic rings. The Kier molecular flexibility index (Phi) is 4.71. The Morgan fingerprint density at radius 1 is 1.29 bits per heavy atom. The van der Waals surface area contributed by atoms with E-state index in [4.69, 9.17) is 0 Å². The lowest BCUT2D eigenvalue weighted by atomic mass is 9.87. The molecule has 1 N–H and O–H groups in total. The quantitative estimate of drug-likeness (QED) is 0.762. The van der Waals surface area contributed by atoms with Gasteiger partial charge < -0.3 is 5.32 Å². The molecule has 0 radical (unpaired) electrons. The van der Waals surface area contributed by atoms with E-state index in [1.807, 2.05) is 38.1 Å². The summed E-state index contributed by atoms with van der Waals surface area (Å²) in [6, 6.07) is 7.76. The van der Waals surface area contributed by atoms with Crippen LogP contribution in [0.4, 0.5) is 5.69 Å². The predicted molar refractivity (Wildman–Crippen MR) is 110 cm³/mol. The minimum atomic E-state index is -0.250. The van der Waals surface area contributed by atoms with Crippen molar-refractivity contribution in [1.82, 2.24) is 14.5 Å². The van der Waals surface area contributed by atoms with Gasteiger partial charge in [-0.15, -0.1) is 0 Å². The first-order valence-electron chi connectivity index (χ1n) is 9.66. The van der Waals surface area contributed by atoms with Crippen molar-refractivity contribution >= 4 is 22.6 Å². The molecule has 28 heavy (non-hydrogen) atoms. The van der Waals surface area contributed by atoms with E-state index in [0.717, 1.165) is 47.3 Å². The summed E-state index contributed by atoms with van der Waals surface area (Å²) in [6.07, 6.45) is 4.38. The summed E-state index contributed by atoms with van der Waals surface area (Å²) < 4.78 is 1.35. The van der Waals surface area contributed by atoms with E-state index >= 15 is 0 Å². The third kappa shape index (κ3) is 3.42. The number of amides is 1. The first-order valence-corrected chi connectivity index (χ1v) is 9.66. The van der Waals surface area contributed by atoms with Crippen molar-refractivity contribution in [1.29, 1.82) is 0 Å². The van der Waals surface area contributed by atoms with Gasteiger partial charge in [0.25, 0.3) is 5.56 Å². The number of rotatable bonds is 3. The smallest absolute Gasteiger partial charge is 0.263 e. The van der Waals surface area contributed by atoms with Gasteiger partial charge in [-0.2, -0.15) is 0 Å². The zero-order valence-corrected chi connectivity index (χ0v) is 16.5. The molecule has 1 atom stereocenters. The zero-order chi connectivity index (χ0) is 19.8. The maximum atomic E-state index is 12.9. The number of carbonyl (C=O) groups is 1. The molecule has 0 aliphatic heterocycles. The number of pyridine rings is 1. The third-order valence-electron chi connectivity index (χ3n) is 5.48. The second-order valence-electron chi connectivity index (χ2n) is 7.81. The lowest BCUT2D eigenvalue weighted by molar-refractivity contribution is -0.116. The standard InChI is InChI=1S/C22H24N4O2/c1-13-7-8-18-16(9-13)10-17-21(24-18)23-12-26(22(17)28)11-19(27)25-20-14(2)5-4-6-15(20)3/h4-6,10,12-13H,7-9,11H2,1-3H3,(H,25,27)/t13-/m0/s1. The van der Waals surface area contributed by atoms with Crippen LogP contribution in [0.5, 0.6) is 0 Å². The highest BCUT2D eigenvalue weighted by Crippen LogP contribution is 2.25. The first-order chi connectivity index (χ1) is 13.4. The number of aryl methyl sites for hydroxylation is 3. The van der Waals surface area contributed by atoms with Gasteiger partial charge in [0.05, 0.1) is 5.39 Å². The summed E-state index contributed by atoms with van der Waals surface area (Å²) in [6.45, 7) is 6.03. The molecule has 1 aliphatic carbocycles. The Bertz CT molecular complexity index is 1110. The Balaban J connectivity index is 1.63. The normalized spacial score (nSPS) is 16.0. The summed E-state index contributed by atoms with van der Waals surface area (Å²) in [5.41, 5.74) is 5.18. The fourth-order valence-corrected chi connectivity index (χ4v) is 3.88. The highest BCUT2D eigenvalue weighted by atomic mass is 16.2. The molecule has 0 unspecified atom stereocenters. The van der Waals surface area contributed by atoms with Gasteiger partial charge in [-0.3, -0.25) is 14.2 Å². The molecule has 1 aliphatic rings. The molecule has 4 rings (SSSR count). The Morgan fingerprint density at radius 2 is 2.04 bits per heavy atom. The fraction of sp³-hybridized carbons (Fsp3) is 0.364. The summed E-state index contributed by atoms with van der Waals surface area (Å²) in [7, 11) is 0. The summed E-state index contributed by atoms with van der Waals surface area (Å²) in [5, 5.41) is 3.40. The van der Waals surface area contributed by atoms with Crippen molar-refractivity contribution in [3.05, 3.63) is 63.3 Å². The molecule has 0 bridgehead atoms. The van der Waals surface area contributed by atoms with Crippen molar-refractivity contribution < 1.29 is 4.79 Å². The van der Waals surface area contributed by atoms with E-state index in [1.54, 1.807) is 0 Å². The van der Waals surface area contributed by atoms with Crippen LogP contribution in [-0.4, -0.2) is 20.4 Å². The predicted octanol–water partition coefficient (Wildman–Crippen LogP) is 3.17. The average molecular weight is 376 g/mol. The number of anilines is 1. The van der Waals surface area contributed by atoms with E-state index in [0.29, 0.717) is 17.0 Å². The van der Waals surface area contributed by atoms with Crippen LogP contribution in [-0.2, 0) is 24.2 Å². The van der Waals surface area contributed by atoms with Crippen molar-refractivity contribution in [2.24, 2.45) is 5.92 Å². The Hall–Kier alpha value is -3.02. The largest absolute Gasteiger partial charge is 0.324 e. The molecule has 144 valence electrons. The van der Waals surface area contributed by atoms with E-state index in [9.17, 15) is 9.59 Å². The van der Waals surface area contributed by atoms with E-state index < -0.39 is 0 Å². The van der Waals surface area contributed by atoms with Crippen molar-refractivity contribution in [2.75, 3.05) is 5.32 Å². The topological polar surface area (TPSA) is 76.9 Å². The Labute approximate surface area is 163 Å². The maximum absolute atomic E-state index is 12.9. The second-order valence-corrected chi connectivity index (χ2v) is 7.81. The molecule has 1 amide bonds. The first kappa shape index (κ1) is 18.3. The molecular formula is C22H24N4O2. The van der Waals surface area contributed by atoms with Crippen LogP contribution in [0, 0.1) is 19.8 Å². The highest BCUT2D eigenvalue weighted by Gasteiger charge is 2.19. The van der Waals surface area contributed by atoms with Gasteiger partial charge in [0, 0.05) is 11.4 Å². The SMILES string of the molecule is Cc1cccc(C)c1NC(=O)Cn1cnc2nc3c(cc2c1=O)C[C@@H](C)CC3. The van der Waals surface area contributed by atoms with Gasteiger partial charge in [-0.1, -0.05) is 25.1 Å². The van der Waals surface area contributed by atoms with Crippen LogP contribution >= 0.6 is 0 Å². The van der Waals surface area contributed by atoms with Crippen molar-refractivity contribution in [3.8, 4) is 0 Å². The average Bonchev–Trinajstić information content (AvgIpc) is 2.66. The maximum Gasteiger partial charge on any atom is 0.263 e. The molecule has 2 heterocycles. The zero-order valence-electron chi connectivity index (χ0n) is 16.5. The van der Waals surface area contributed by atoms with Crippen LogP contribution in [0.15, 0.2) is 35.4 Å². The number of nitrogens with one attached hydrogen (secondary N) is 1. The fourth-order valence-electron chi connectivity index (χ4n) is 3.88. The van der Waals surface area contributed by atoms with Gasteiger partial charge in [0.1, 0.15) is 12.9 Å². The molecule has 0 fully saturated rings. The number of fused-ring (bicyclic) bond motifs is 2. The van der Waals surface area contributed by atoms with E-state index in [-0.39, 0.29) is 18.0 Å². The third-order valence-corrected chi connectivity index (χ3v) is 5.48. The summed E-state index contributed by atoms with van der Waals surface area (Å²) in [4.78, 5) is 34.4. The number of benzene rings is 1. The lowest BCUT2D eigenvalue weighted by Gasteiger charge is -2.20. The lowest BCUT2D eigenvalue weighted by Crippen LogP contribution is -2.29. The molecular weight excluding hydrogens is 352 g/mol. The van der Waals surface area contributed by atoms with Gasteiger partial charge >= 0.3 is 0 Å². The molecule has 6 heteroatoms. The van der Waals surface area contributed by atoms with Crippen molar-refractivity contribution in [3.63, 3.8) is 0 Å². The number of carbonyl (C=O) groups excluding carboxylic acids is 1. The van der Waals surface area contributed by atoms with Crippen LogP contribution in [0.25, 0.3) is 11.0 Å². The minimum Gasteiger partial charge on any atom is -0.324 e. The van der Waals surface area contributed by atoms with Crippen LogP contribution in [0.2, 0.25) is 0 Å². The number of para-hydroxylation sites is 1. The Morgan fingerprint density at radius 3 is 2.79 bits per heavy atom. The molecule has 2 aromatic heterocycles. The molecule has 0 spiro atoms. The summed E-state index contributed by atoms with van der Waals surface area (Å²) in [5.74, 6) is 0.342. The molecule has 0 saturated carbocycles. The van der Waals surface area contributed by atoms with Crippen LogP contribution in [0.1, 0.15) is 35.7 Å². The second kappa shape index (κ2) is 7.19. The van der Waals surface area contributed by atoms with Gasteiger partial charge in [0.15, 0.2) is 5.65 Å². The van der Waals surface area contributed by atoms with Gasteiger partial charge in [-0.25, -0.2) is 9.97 Å². The summed E-state index contributed by atoms with van der Waals surface area (Å²) >= 11 is 0. The molecule has 6 nitrogen and oxygen atoms in total.